The zero-order valence-electron chi connectivity index (χ0n) is 10.9. The number of carbonyl (C=O) groups excluding carboxylic acids is 1. The molecule has 0 fully saturated rings. The number of phenols is 1. The Labute approximate surface area is 119 Å². The Balaban J connectivity index is 1.96. The van der Waals surface area contributed by atoms with E-state index in [1.54, 1.807) is 36.4 Å². The molecular formula is C16H11NO4. The average Bonchev–Trinajstić information content (AvgIpc) is 2.47. The molecule has 0 saturated heterocycles. The van der Waals surface area contributed by atoms with E-state index in [2.05, 4.69) is 5.32 Å². The van der Waals surface area contributed by atoms with E-state index in [0.29, 0.717) is 16.7 Å². The van der Waals surface area contributed by atoms with Crippen LogP contribution in [0.2, 0.25) is 0 Å². The molecular weight excluding hydrogens is 270 g/mol. The quantitative estimate of drug-likeness (QED) is 0.757. The Morgan fingerprint density at radius 1 is 1.05 bits per heavy atom. The maximum Gasteiger partial charge on any atom is 0.291 e. The zero-order chi connectivity index (χ0) is 14.8. The van der Waals surface area contributed by atoms with Gasteiger partial charge in [-0.15, -0.1) is 0 Å². The van der Waals surface area contributed by atoms with Gasteiger partial charge in [0.25, 0.3) is 5.91 Å². The Hall–Kier alpha value is -3.08. The molecule has 1 amide bonds. The second-order valence-corrected chi connectivity index (χ2v) is 4.48. The summed E-state index contributed by atoms with van der Waals surface area (Å²) in [5, 5.41) is 12.3. The Bertz CT molecular complexity index is 883. The minimum absolute atomic E-state index is 0.0350. The zero-order valence-corrected chi connectivity index (χ0v) is 10.9. The van der Waals surface area contributed by atoms with E-state index in [9.17, 15) is 14.7 Å². The van der Waals surface area contributed by atoms with Crippen LogP contribution in [0.3, 0.4) is 0 Å². The lowest BCUT2D eigenvalue weighted by Gasteiger charge is -2.05. The number of carbonyl (C=O) groups is 1. The van der Waals surface area contributed by atoms with Crippen LogP contribution in [0.5, 0.6) is 5.75 Å². The number of phenolic OH excluding ortho intramolecular Hbond substituents is 1. The fourth-order valence-electron chi connectivity index (χ4n) is 1.99. The molecule has 3 rings (SSSR count). The fourth-order valence-corrected chi connectivity index (χ4v) is 1.99. The summed E-state index contributed by atoms with van der Waals surface area (Å²) in [4.78, 5) is 24.0. The highest BCUT2D eigenvalue weighted by Gasteiger charge is 2.12. The number of rotatable bonds is 2. The van der Waals surface area contributed by atoms with Crippen molar-refractivity contribution in [3.63, 3.8) is 0 Å². The van der Waals surface area contributed by atoms with Crippen LogP contribution < -0.4 is 10.7 Å². The summed E-state index contributed by atoms with van der Waals surface area (Å²) in [6.07, 6.45) is 0. The molecule has 2 aromatic carbocycles. The molecule has 1 aromatic heterocycles. The number of anilines is 1. The van der Waals surface area contributed by atoms with Gasteiger partial charge in [0.1, 0.15) is 11.3 Å². The summed E-state index contributed by atoms with van der Waals surface area (Å²) in [5.41, 5.74) is 0.486. The van der Waals surface area contributed by atoms with Gasteiger partial charge in [0.05, 0.1) is 5.39 Å². The number of aromatic hydroxyl groups is 1. The van der Waals surface area contributed by atoms with Crippen molar-refractivity contribution in [1.29, 1.82) is 0 Å². The van der Waals surface area contributed by atoms with E-state index in [1.165, 1.54) is 12.1 Å². The molecule has 0 unspecified atom stereocenters. The van der Waals surface area contributed by atoms with E-state index in [-0.39, 0.29) is 16.9 Å². The molecule has 0 saturated carbocycles. The first kappa shape index (κ1) is 12.9. The Morgan fingerprint density at radius 2 is 1.86 bits per heavy atom. The van der Waals surface area contributed by atoms with Gasteiger partial charge in [-0.05, 0) is 24.3 Å². The maximum absolute atomic E-state index is 12.1. The Kier molecular flexibility index (Phi) is 3.16. The molecule has 1 heterocycles. The van der Waals surface area contributed by atoms with Gasteiger partial charge in [-0.3, -0.25) is 9.59 Å². The van der Waals surface area contributed by atoms with E-state index in [0.717, 1.165) is 6.07 Å². The second-order valence-electron chi connectivity index (χ2n) is 4.48. The molecule has 104 valence electrons. The number of fused-ring (bicyclic) bond motifs is 1. The number of amides is 1. The van der Waals surface area contributed by atoms with E-state index < -0.39 is 5.91 Å². The molecule has 0 atom stereocenters. The summed E-state index contributed by atoms with van der Waals surface area (Å²) in [7, 11) is 0. The fraction of sp³-hybridized carbons (Fsp3) is 0. The van der Waals surface area contributed by atoms with Crippen molar-refractivity contribution in [2.75, 3.05) is 5.32 Å². The van der Waals surface area contributed by atoms with Crippen molar-refractivity contribution < 1.29 is 14.3 Å². The third kappa shape index (κ3) is 2.62. The van der Waals surface area contributed by atoms with Gasteiger partial charge >= 0.3 is 0 Å². The minimum Gasteiger partial charge on any atom is -0.508 e. The van der Waals surface area contributed by atoms with Gasteiger partial charge < -0.3 is 14.8 Å². The summed E-state index contributed by atoms with van der Waals surface area (Å²) < 4.78 is 5.43. The minimum atomic E-state index is -0.552. The molecule has 5 heteroatoms. The lowest BCUT2D eigenvalue weighted by Crippen LogP contribution is -2.14. The van der Waals surface area contributed by atoms with Crippen LogP contribution in [-0.2, 0) is 0 Å². The first-order valence-corrected chi connectivity index (χ1v) is 6.27. The standard InChI is InChI=1S/C16H11NO4/c18-11-5-3-4-10(8-11)17-16(20)15-9-13(19)12-6-1-2-7-14(12)21-15/h1-9,18H,(H,17,20). The van der Waals surface area contributed by atoms with E-state index >= 15 is 0 Å². The van der Waals surface area contributed by atoms with Gasteiger partial charge in [0, 0.05) is 17.8 Å². The molecule has 2 N–H and O–H groups in total. The van der Waals surface area contributed by atoms with E-state index in [4.69, 9.17) is 4.42 Å². The summed E-state index contributed by atoms with van der Waals surface area (Å²) in [6, 6.07) is 14.0. The number of nitrogens with one attached hydrogen (secondary N) is 1. The molecule has 0 aliphatic carbocycles. The molecule has 0 aliphatic rings. The molecule has 0 spiro atoms. The van der Waals surface area contributed by atoms with Gasteiger partial charge in [0.2, 0.25) is 0 Å². The third-order valence-corrected chi connectivity index (χ3v) is 2.96. The number of benzene rings is 2. The molecule has 5 nitrogen and oxygen atoms in total. The van der Waals surface area contributed by atoms with Crippen LogP contribution in [0.25, 0.3) is 11.0 Å². The lowest BCUT2D eigenvalue weighted by atomic mass is 10.2. The van der Waals surface area contributed by atoms with Crippen molar-refractivity contribution >= 4 is 22.6 Å². The molecule has 0 radical (unpaired) electrons. The summed E-state index contributed by atoms with van der Waals surface area (Å²) >= 11 is 0. The van der Waals surface area contributed by atoms with Gasteiger partial charge in [0.15, 0.2) is 11.2 Å². The van der Waals surface area contributed by atoms with Crippen molar-refractivity contribution in [3.8, 4) is 5.75 Å². The third-order valence-electron chi connectivity index (χ3n) is 2.96. The number of hydrogen-bond donors (Lipinski definition) is 2. The molecule has 21 heavy (non-hydrogen) atoms. The summed E-state index contributed by atoms with van der Waals surface area (Å²) in [5.74, 6) is -0.599. The second kappa shape index (κ2) is 5.13. The van der Waals surface area contributed by atoms with Crippen LogP contribution >= 0.6 is 0 Å². The van der Waals surface area contributed by atoms with Crippen LogP contribution in [0.1, 0.15) is 10.6 Å². The monoisotopic (exact) mass is 281 g/mol. The topological polar surface area (TPSA) is 79.5 Å². The predicted octanol–water partition coefficient (Wildman–Crippen LogP) is 2.75. The van der Waals surface area contributed by atoms with Gasteiger partial charge in [-0.1, -0.05) is 18.2 Å². The van der Waals surface area contributed by atoms with Crippen LogP contribution in [-0.4, -0.2) is 11.0 Å². The van der Waals surface area contributed by atoms with Crippen LogP contribution in [0.15, 0.2) is 63.8 Å². The first-order valence-electron chi connectivity index (χ1n) is 6.27. The highest BCUT2D eigenvalue weighted by molar-refractivity contribution is 6.03. The van der Waals surface area contributed by atoms with Gasteiger partial charge in [-0.2, -0.15) is 0 Å². The van der Waals surface area contributed by atoms with Gasteiger partial charge in [-0.25, -0.2) is 0 Å². The van der Waals surface area contributed by atoms with Crippen LogP contribution in [0, 0.1) is 0 Å². The Morgan fingerprint density at radius 3 is 2.67 bits per heavy atom. The maximum atomic E-state index is 12.1. The normalized spacial score (nSPS) is 10.5. The number of para-hydroxylation sites is 1. The van der Waals surface area contributed by atoms with Crippen molar-refractivity contribution in [2.24, 2.45) is 0 Å². The molecule has 0 aliphatic heterocycles. The molecule has 3 aromatic rings. The van der Waals surface area contributed by atoms with Crippen molar-refractivity contribution in [2.45, 2.75) is 0 Å². The van der Waals surface area contributed by atoms with Crippen molar-refractivity contribution in [3.05, 3.63) is 70.6 Å². The first-order chi connectivity index (χ1) is 10.1. The van der Waals surface area contributed by atoms with E-state index in [1.807, 2.05) is 0 Å². The van der Waals surface area contributed by atoms with Crippen molar-refractivity contribution in [1.82, 2.24) is 0 Å². The smallest absolute Gasteiger partial charge is 0.291 e. The highest BCUT2D eigenvalue weighted by Crippen LogP contribution is 2.17. The predicted molar refractivity (Wildman–Crippen MR) is 78.5 cm³/mol. The highest BCUT2D eigenvalue weighted by atomic mass is 16.3. The number of hydrogen-bond acceptors (Lipinski definition) is 4. The average molecular weight is 281 g/mol. The lowest BCUT2D eigenvalue weighted by molar-refractivity contribution is 0.0997. The van der Waals surface area contributed by atoms with Crippen LogP contribution in [0.4, 0.5) is 5.69 Å². The summed E-state index contributed by atoms with van der Waals surface area (Å²) in [6.45, 7) is 0. The SMILES string of the molecule is O=C(Nc1cccc(O)c1)c1cc(=O)c2ccccc2o1. The molecule has 0 bridgehead atoms. The largest absolute Gasteiger partial charge is 0.508 e.